The van der Waals surface area contributed by atoms with Gasteiger partial charge in [0.1, 0.15) is 5.82 Å². The number of aryl methyl sites for hydroxylation is 1. The molecule has 0 atom stereocenters. The number of methoxy groups -OCH3 is 1. The maximum absolute atomic E-state index is 13.0. The summed E-state index contributed by atoms with van der Waals surface area (Å²) in [6, 6.07) is 4.41. The molecule has 0 saturated heterocycles. The minimum absolute atomic E-state index is 0.00364. The van der Waals surface area contributed by atoms with Gasteiger partial charge in [0.25, 0.3) is 5.56 Å². The Bertz CT molecular complexity index is 670. The number of hydrogen-bond acceptors (Lipinski definition) is 3. The van der Waals surface area contributed by atoms with Crippen molar-refractivity contribution < 1.29 is 9.13 Å². The van der Waals surface area contributed by atoms with Crippen LogP contribution in [0.5, 0.6) is 5.75 Å². The van der Waals surface area contributed by atoms with Gasteiger partial charge in [0, 0.05) is 0 Å². The van der Waals surface area contributed by atoms with E-state index in [-0.39, 0.29) is 28.8 Å². The second-order valence-electron chi connectivity index (χ2n) is 4.07. The molecule has 0 aliphatic heterocycles. The fraction of sp³-hybridized carbons (Fsp3) is 0.231. The van der Waals surface area contributed by atoms with E-state index in [0.717, 1.165) is 11.1 Å². The lowest BCUT2D eigenvalue weighted by Gasteiger charge is -2.10. The van der Waals surface area contributed by atoms with Crippen LogP contribution in [0.25, 0.3) is 0 Å². The summed E-state index contributed by atoms with van der Waals surface area (Å²) in [5.74, 6) is -0.302. The van der Waals surface area contributed by atoms with Crippen LogP contribution in [0.3, 0.4) is 0 Å². The van der Waals surface area contributed by atoms with E-state index in [1.807, 2.05) is 0 Å². The van der Waals surface area contributed by atoms with Gasteiger partial charge in [0.15, 0.2) is 5.15 Å². The molecule has 0 unspecified atom stereocenters. The van der Waals surface area contributed by atoms with E-state index < -0.39 is 0 Å². The molecule has 0 fully saturated rings. The molecule has 1 aromatic heterocycles. The van der Waals surface area contributed by atoms with E-state index >= 15 is 0 Å². The molecule has 0 N–H and O–H groups in total. The Morgan fingerprint density at radius 3 is 2.84 bits per heavy atom. The van der Waals surface area contributed by atoms with Crippen LogP contribution in [0, 0.1) is 12.7 Å². The third-order valence-electron chi connectivity index (χ3n) is 2.80. The van der Waals surface area contributed by atoms with Crippen LogP contribution in [0.2, 0.25) is 5.15 Å². The first-order valence-electron chi connectivity index (χ1n) is 5.57. The van der Waals surface area contributed by atoms with E-state index in [1.54, 1.807) is 13.0 Å². The molecule has 1 aromatic carbocycles. The lowest BCUT2D eigenvalue weighted by molar-refractivity contribution is 0.401. The third-order valence-corrected chi connectivity index (χ3v) is 3.07. The zero-order chi connectivity index (χ0) is 14.0. The van der Waals surface area contributed by atoms with Crippen LogP contribution in [-0.4, -0.2) is 16.7 Å². The van der Waals surface area contributed by atoms with Crippen molar-refractivity contribution in [3.63, 3.8) is 0 Å². The summed E-state index contributed by atoms with van der Waals surface area (Å²) in [4.78, 5) is 15.9. The number of benzene rings is 1. The molecule has 0 aliphatic carbocycles. The average Bonchev–Trinajstić information content (AvgIpc) is 2.36. The Kier molecular flexibility index (Phi) is 3.85. The van der Waals surface area contributed by atoms with Gasteiger partial charge in [-0.15, -0.1) is 0 Å². The van der Waals surface area contributed by atoms with Crippen molar-refractivity contribution in [1.82, 2.24) is 9.55 Å². The van der Waals surface area contributed by atoms with Crippen LogP contribution in [-0.2, 0) is 6.54 Å². The van der Waals surface area contributed by atoms with Crippen molar-refractivity contribution in [2.75, 3.05) is 7.11 Å². The second-order valence-corrected chi connectivity index (χ2v) is 4.43. The highest BCUT2D eigenvalue weighted by Gasteiger charge is 2.11. The number of ether oxygens (including phenoxy) is 1. The van der Waals surface area contributed by atoms with Crippen molar-refractivity contribution in [3.05, 3.63) is 57.0 Å². The molecule has 0 saturated carbocycles. The first-order chi connectivity index (χ1) is 9.02. The Morgan fingerprint density at radius 2 is 2.21 bits per heavy atom. The maximum Gasteiger partial charge on any atom is 0.297 e. The van der Waals surface area contributed by atoms with Gasteiger partial charge in [0.05, 0.1) is 20.0 Å². The molecule has 0 bridgehead atoms. The molecule has 1 heterocycles. The van der Waals surface area contributed by atoms with Gasteiger partial charge in [-0.2, -0.15) is 0 Å². The SMILES string of the molecule is COc1c(Cl)ncn(Cc2ccc(F)cc2C)c1=O. The molecule has 4 nitrogen and oxygen atoms in total. The Morgan fingerprint density at radius 1 is 1.47 bits per heavy atom. The van der Waals surface area contributed by atoms with Crippen LogP contribution in [0.1, 0.15) is 11.1 Å². The van der Waals surface area contributed by atoms with Crippen LogP contribution in [0.4, 0.5) is 4.39 Å². The van der Waals surface area contributed by atoms with E-state index in [1.165, 1.54) is 30.1 Å². The minimum atomic E-state index is -0.369. The number of halogens is 2. The lowest BCUT2D eigenvalue weighted by Crippen LogP contribution is -2.23. The normalized spacial score (nSPS) is 10.5. The Balaban J connectivity index is 2.42. The van der Waals surface area contributed by atoms with Gasteiger partial charge in [0.2, 0.25) is 5.75 Å². The molecule has 0 radical (unpaired) electrons. The van der Waals surface area contributed by atoms with Crippen molar-refractivity contribution in [3.8, 4) is 5.75 Å². The third kappa shape index (κ3) is 2.76. The molecule has 0 aliphatic rings. The Labute approximate surface area is 114 Å². The summed E-state index contributed by atoms with van der Waals surface area (Å²) in [7, 11) is 1.36. The van der Waals surface area contributed by atoms with Crippen molar-refractivity contribution in [2.45, 2.75) is 13.5 Å². The monoisotopic (exact) mass is 282 g/mol. The van der Waals surface area contributed by atoms with Gasteiger partial charge in [-0.25, -0.2) is 9.37 Å². The topological polar surface area (TPSA) is 44.1 Å². The first-order valence-corrected chi connectivity index (χ1v) is 5.94. The number of hydrogen-bond donors (Lipinski definition) is 0. The zero-order valence-corrected chi connectivity index (χ0v) is 11.2. The molecular weight excluding hydrogens is 271 g/mol. The maximum atomic E-state index is 13.0. The largest absolute Gasteiger partial charge is 0.489 e. The van der Waals surface area contributed by atoms with Gasteiger partial charge >= 0.3 is 0 Å². The van der Waals surface area contributed by atoms with E-state index in [4.69, 9.17) is 16.3 Å². The highest BCUT2D eigenvalue weighted by Crippen LogP contribution is 2.16. The van der Waals surface area contributed by atoms with Crippen molar-refractivity contribution >= 4 is 11.6 Å². The summed E-state index contributed by atoms with van der Waals surface area (Å²) >= 11 is 5.76. The molecule has 2 aromatic rings. The van der Waals surface area contributed by atoms with Crippen molar-refractivity contribution in [2.24, 2.45) is 0 Å². The minimum Gasteiger partial charge on any atom is -0.489 e. The molecule has 2 rings (SSSR count). The average molecular weight is 283 g/mol. The van der Waals surface area contributed by atoms with E-state index in [9.17, 15) is 9.18 Å². The summed E-state index contributed by atoms with van der Waals surface area (Å²) in [5, 5.41) is 0.0274. The van der Waals surface area contributed by atoms with Crippen LogP contribution < -0.4 is 10.3 Å². The zero-order valence-electron chi connectivity index (χ0n) is 10.5. The fourth-order valence-corrected chi connectivity index (χ4v) is 1.96. The molecule has 0 spiro atoms. The van der Waals surface area contributed by atoms with Crippen molar-refractivity contribution in [1.29, 1.82) is 0 Å². The number of nitrogens with zero attached hydrogens (tertiary/aromatic N) is 2. The summed E-state index contributed by atoms with van der Waals surface area (Å²) < 4.78 is 19.3. The van der Waals surface area contributed by atoms with Gasteiger partial charge in [-0.3, -0.25) is 9.36 Å². The molecule has 6 heteroatoms. The summed E-state index contributed by atoms with van der Waals surface area (Å²) in [6.07, 6.45) is 1.34. The molecule has 100 valence electrons. The predicted octanol–water partition coefficient (Wildman–Crippen LogP) is 2.40. The van der Waals surface area contributed by atoms with Gasteiger partial charge < -0.3 is 4.74 Å². The first kappa shape index (κ1) is 13.5. The smallest absolute Gasteiger partial charge is 0.297 e. The second kappa shape index (κ2) is 5.40. The standard InChI is InChI=1S/C13H12ClFN2O2/c1-8-5-10(15)4-3-9(8)6-17-7-16-12(14)11(19-2)13(17)18/h3-5,7H,6H2,1-2H3. The number of rotatable bonds is 3. The molecular formula is C13H12ClFN2O2. The fourth-order valence-electron chi connectivity index (χ4n) is 1.75. The molecule has 0 amide bonds. The predicted molar refractivity (Wildman–Crippen MR) is 70.3 cm³/mol. The number of aromatic nitrogens is 2. The van der Waals surface area contributed by atoms with Gasteiger partial charge in [-0.1, -0.05) is 17.7 Å². The highest BCUT2D eigenvalue weighted by molar-refractivity contribution is 6.30. The molecule has 19 heavy (non-hydrogen) atoms. The quantitative estimate of drug-likeness (QED) is 0.812. The van der Waals surface area contributed by atoms with E-state index in [2.05, 4.69) is 4.98 Å². The van der Waals surface area contributed by atoms with E-state index in [0.29, 0.717) is 0 Å². The van der Waals surface area contributed by atoms with Gasteiger partial charge in [-0.05, 0) is 30.2 Å². The summed E-state index contributed by atoms with van der Waals surface area (Å²) in [6.45, 7) is 2.06. The van der Waals surface area contributed by atoms with Crippen LogP contribution in [0.15, 0.2) is 29.3 Å². The lowest BCUT2D eigenvalue weighted by atomic mass is 10.1. The highest BCUT2D eigenvalue weighted by atomic mass is 35.5. The van der Waals surface area contributed by atoms with Crippen LogP contribution >= 0.6 is 11.6 Å². The Hall–Kier alpha value is -1.88. The summed E-state index contributed by atoms with van der Waals surface area (Å²) in [5.41, 5.74) is 1.22.